The molecule has 0 unspecified atom stereocenters. The third-order valence-electron chi connectivity index (χ3n) is 3.68. The van der Waals surface area contributed by atoms with Crippen LogP contribution in [0.2, 0.25) is 5.02 Å². The van der Waals surface area contributed by atoms with Crippen molar-refractivity contribution in [1.29, 1.82) is 0 Å². The molecule has 1 aliphatic carbocycles. The van der Waals surface area contributed by atoms with Crippen molar-refractivity contribution in [2.75, 3.05) is 0 Å². The first-order valence-electron chi connectivity index (χ1n) is 6.11. The first-order valence-corrected chi connectivity index (χ1v) is 6.49. The van der Waals surface area contributed by atoms with Gasteiger partial charge in [0.2, 0.25) is 0 Å². The van der Waals surface area contributed by atoms with Gasteiger partial charge in [-0.1, -0.05) is 24.1 Å². The number of aliphatic hydroxyl groups is 1. The zero-order chi connectivity index (χ0) is 14.2. The standard InChI is InChI=1S/C13H15ClF3NO.ClH/c14-10-5-4-8(6-9(10)13(15,16)17)11(18)12(19)7-2-1-3-7;/h4-7,11-12,19H,1-3,18H2;1H/t11-,12+;/m0./s1. The topological polar surface area (TPSA) is 46.2 Å². The minimum absolute atomic E-state index is 0. The Morgan fingerprint density at radius 2 is 1.90 bits per heavy atom. The molecule has 1 aromatic rings. The summed E-state index contributed by atoms with van der Waals surface area (Å²) in [6, 6.07) is 2.72. The minimum atomic E-state index is -4.52. The molecule has 0 heterocycles. The highest BCUT2D eigenvalue weighted by atomic mass is 35.5. The maximum absolute atomic E-state index is 12.7. The van der Waals surface area contributed by atoms with Crippen LogP contribution < -0.4 is 5.73 Å². The Kier molecular flexibility index (Phi) is 5.72. The van der Waals surface area contributed by atoms with Gasteiger partial charge in [0.1, 0.15) is 0 Å². The Morgan fingerprint density at radius 1 is 1.30 bits per heavy atom. The summed E-state index contributed by atoms with van der Waals surface area (Å²) >= 11 is 5.54. The second-order valence-corrected chi connectivity index (χ2v) is 5.35. The van der Waals surface area contributed by atoms with Crippen LogP contribution in [0.3, 0.4) is 0 Å². The number of hydrogen-bond acceptors (Lipinski definition) is 2. The summed E-state index contributed by atoms with van der Waals surface area (Å²) in [6.07, 6.45) is -2.56. The van der Waals surface area contributed by atoms with E-state index in [1.807, 2.05) is 0 Å². The van der Waals surface area contributed by atoms with E-state index in [9.17, 15) is 18.3 Å². The number of hydrogen-bond donors (Lipinski definition) is 2. The van der Waals surface area contributed by atoms with E-state index in [-0.39, 0.29) is 28.9 Å². The molecule has 0 spiro atoms. The summed E-state index contributed by atoms with van der Waals surface area (Å²) < 4.78 is 38.2. The molecular weight excluding hydrogens is 314 g/mol. The number of rotatable bonds is 3. The van der Waals surface area contributed by atoms with Gasteiger partial charge < -0.3 is 10.8 Å². The van der Waals surface area contributed by atoms with E-state index in [1.165, 1.54) is 12.1 Å². The first-order chi connectivity index (χ1) is 8.80. The molecule has 20 heavy (non-hydrogen) atoms. The summed E-state index contributed by atoms with van der Waals surface area (Å²) in [5.74, 6) is 0.0833. The Morgan fingerprint density at radius 3 is 2.35 bits per heavy atom. The Balaban J connectivity index is 0.00000200. The van der Waals surface area contributed by atoms with Gasteiger partial charge >= 0.3 is 6.18 Å². The average Bonchev–Trinajstić information content (AvgIpc) is 2.24. The molecule has 1 saturated carbocycles. The second kappa shape index (κ2) is 6.52. The monoisotopic (exact) mass is 329 g/mol. The highest BCUT2D eigenvalue weighted by Gasteiger charge is 2.35. The van der Waals surface area contributed by atoms with Gasteiger partial charge in [0.15, 0.2) is 0 Å². The highest BCUT2D eigenvalue weighted by molar-refractivity contribution is 6.31. The molecule has 0 aromatic heterocycles. The predicted molar refractivity (Wildman–Crippen MR) is 74.0 cm³/mol. The van der Waals surface area contributed by atoms with Crippen LogP contribution in [-0.4, -0.2) is 11.2 Å². The van der Waals surface area contributed by atoms with Gasteiger partial charge in [-0.15, -0.1) is 12.4 Å². The van der Waals surface area contributed by atoms with Crippen molar-refractivity contribution >= 4 is 24.0 Å². The zero-order valence-electron chi connectivity index (χ0n) is 10.5. The largest absolute Gasteiger partial charge is 0.417 e. The van der Waals surface area contributed by atoms with Crippen molar-refractivity contribution in [2.24, 2.45) is 11.7 Å². The lowest BCUT2D eigenvalue weighted by atomic mass is 9.77. The summed E-state index contributed by atoms with van der Waals surface area (Å²) in [7, 11) is 0. The van der Waals surface area contributed by atoms with Gasteiger partial charge in [0.05, 0.1) is 22.7 Å². The average molecular weight is 330 g/mol. The maximum Gasteiger partial charge on any atom is 0.417 e. The van der Waals surface area contributed by atoms with E-state index in [2.05, 4.69) is 0 Å². The van der Waals surface area contributed by atoms with Crippen molar-refractivity contribution in [1.82, 2.24) is 0 Å². The molecule has 2 nitrogen and oxygen atoms in total. The quantitative estimate of drug-likeness (QED) is 0.882. The van der Waals surface area contributed by atoms with E-state index in [4.69, 9.17) is 17.3 Å². The third kappa shape index (κ3) is 3.58. The van der Waals surface area contributed by atoms with Crippen LogP contribution in [0.5, 0.6) is 0 Å². The summed E-state index contributed by atoms with van der Waals surface area (Å²) in [5, 5.41) is 9.66. The normalized spacial score (nSPS) is 18.9. The smallest absolute Gasteiger partial charge is 0.391 e. The molecule has 1 fully saturated rings. The lowest BCUT2D eigenvalue weighted by Gasteiger charge is -2.34. The molecule has 0 radical (unpaired) electrons. The Labute approximate surface area is 126 Å². The van der Waals surface area contributed by atoms with Gasteiger partial charge in [-0.3, -0.25) is 0 Å². The molecule has 0 bridgehead atoms. The van der Waals surface area contributed by atoms with Crippen LogP contribution >= 0.6 is 24.0 Å². The minimum Gasteiger partial charge on any atom is -0.391 e. The maximum atomic E-state index is 12.7. The van der Waals surface area contributed by atoms with Gasteiger partial charge in [0, 0.05) is 0 Å². The summed E-state index contributed by atoms with van der Waals surface area (Å²) in [5.41, 5.74) is 5.20. The molecule has 2 rings (SSSR count). The fraction of sp³-hybridized carbons (Fsp3) is 0.538. The lowest BCUT2D eigenvalue weighted by Crippen LogP contribution is -2.36. The van der Waals surface area contributed by atoms with Gasteiger partial charge in [-0.25, -0.2) is 0 Å². The Bertz CT molecular complexity index is 463. The molecule has 2 atom stereocenters. The van der Waals surface area contributed by atoms with Crippen LogP contribution in [0, 0.1) is 5.92 Å². The number of alkyl halides is 3. The SMILES string of the molecule is Cl.N[C@@H](c1ccc(Cl)c(C(F)(F)F)c1)[C@H](O)C1CCC1. The molecule has 0 amide bonds. The first kappa shape index (κ1) is 17.6. The molecular formula is C13H16Cl2F3NO. The van der Waals surface area contributed by atoms with Crippen LogP contribution in [0.4, 0.5) is 13.2 Å². The predicted octanol–water partition coefficient (Wildman–Crippen LogP) is 3.94. The summed E-state index contributed by atoms with van der Waals surface area (Å²) in [6.45, 7) is 0. The zero-order valence-corrected chi connectivity index (χ0v) is 12.1. The number of aliphatic hydroxyl groups excluding tert-OH is 1. The van der Waals surface area contributed by atoms with Crippen molar-refractivity contribution in [3.8, 4) is 0 Å². The van der Waals surface area contributed by atoms with E-state index in [0.717, 1.165) is 25.3 Å². The van der Waals surface area contributed by atoms with Crippen molar-refractivity contribution in [2.45, 2.75) is 37.6 Å². The molecule has 1 aromatic carbocycles. The van der Waals surface area contributed by atoms with E-state index in [1.54, 1.807) is 0 Å². The highest BCUT2D eigenvalue weighted by Crippen LogP contribution is 2.38. The number of nitrogens with two attached hydrogens (primary N) is 1. The molecule has 1 aliphatic rings. The number of halogens is 5. The molecule has 0 saturated heterocycles. The van der Waals surface area contributed by atoms with Crippen molar-refractivity contribution in [3.63, 3.8) is 0 Å². The van der Waals surface area contributed by atoms with Gasteiger partial charge in [0.25, 0.3) is 0 Å². The van der Waals surface area contributed by atoms with Crippen molar-refractivity contribution in [3.05, 3.63) is 34.3 Å². The molecule has 114 valence electrons. The van der Waals surface area contributed by atoms with Gasteiger partial charge in [-0.05, 0) is 36.5 Å². The Hall–Kier alpha value is -0.490. The van der Waals surface area contributed by atoms with Crippen LogP contribution in [0.1, 0.15) is 36.4 Å². The third-order valence-corrected chi connectivity index (χ3v) is 4.01. The molecule has 3 N–H and O–H groups in total. The number of benzene rings is 1. The van der Waals surface area contributed by atoms with E-state index >= 15 is 0 Å². The van der Waals surface area contributed by atoms with Crippen LogP contribution in [-0.2, 0) is 6.18 Å². The fourth-order valence-electron chi connectivity index (χ4n) is 2.24. The van der Waals surface area contributed by atoms with Gasteiger partial charge in [-0.2, -0.15) is 13.2 Å². The van der Waals surface area contributed by atoms with E-state index in [0.29, 0.717) is 0 Å². The summed E-state index contributed by atoms with van der Waals surface area (Å²) in [4.78, 5) is 0. The van der Waals surface area contributed by atoms with Crippen LogP contribution in [0.25, 0.3) is 0 Å². The molecule has 7 heteroatoms. The van der Waals surface area contributed by atoms with Crippen LogP contribution in [0.15, 0.2) is 18.2 Å². The fourth-order valence-corrected chi connectivity index (χ4v) is 2.46. The van der Waals surface area contributed by atoms with E-state index < -0.39 is 23.9 Å². The lowest BCUT2D eigenvalue weighted by molar-refractivity contribution is -0.137. The second-order valence-electron chi connectivity index (χ2n) is 4.94. The van der Waals surface area contributed by atoms with Crippen molar-refractivity contribution < 1.29 is 18.3 Å². The molecule has 0 aliphatic heterocycles.